The number of rotatable bonds is 10. The average Bonchev–Trinajstić information content (AvgIpc) is 2.86. The number of carbonyl (C=O) groups excluding carboxylic acids is 2. The first-order chi connectivity index (χ1) is 16.8. The predicted molar refractivity (Wildman–Crippen MR) is 128 cm³/mol. The van der Waals surface area contributed by atoms with Crippen LogP contribution in [-0.2, 0) is 4.74 Å². The molecule has 0 aliphatic carbocycles. The third kappa shape index (κ3) is 6.41. The van der Waals surface area contributed by atoms with Crippen LogP contribution >= 0.6 is 0 Å². The minimum absolute atomic E-state index is 0.117. The molecule has 0 unspecified atom stereocenters. The number of para-hydroxylation sites is 1. The summed E-state index contributed by atoms with van der Waals surface area (Å²) in [6.45, 7) is 4.17. The monoisotopic (exact) mass is 480 g/mol. The summed E-state index contributed by atoms with van der Waals surface area (Å²) in [5.41, 5.74) is 5.36. The molecule has 1 heterocycles. The van der Waals surface area contributed by atoms with Gasteiger partial charge in [-0.2, -0.15) is 0 Å². The minimum atomic E-state index is -0.683. The van der Waals surface area contributed by atoms with E-state index in [1.807, 2.05) is 13.8 Å². The van der Waals surface area contributed by atoms with Gasteiger partial charge in [0.25, 0.3) is 5.91 Å². The fraction of sp³-hybridized carbons (Fsp3) is 0.217. The zero-order chi connectivity index (χ0) is 25.4. The minimum Gasteiger partial charge on any atom is -0.496 e. The Bertz CT molecular complexity index is 1220. The molecule has 0 saturated carbocycles. The highest BCUT2D eigenvalue weighted by atomic mass is 16.6. The number of nitrogens with one attached hydrogen (secondary N) is 3. The molecule has 3 aromatic rings. The van der Waals surface area contributed by atoms with E-state index in [1.165, 1.54) is 19.2 Å². The van der Waals surface area contributed by atoms with Gasteiger partial charge in [0.05, 0.1) is 29.8 Å². The Kier molecular flexibility index (Phi) is 8.11. The molecule has 0 atom stereocenters. The molecule has 12 nitrogen and oxygen atoms in total. The number of nitrogens with zero attached hydrogens (tertiary/aromatic N) is 3. The topological polar surface area (TPSA) is 158 Å². The fourth-order valence-corrected chi connectivity index (χ4v) is 2.90. The second-order valence-corrected chi connectivity index (χ2v) is 7.65. The number of aromatic nitrogens is 2. The van der Waals surface area contributed by atoms with Crippen molar-refractivity contribution in [3.05, 3.63) is 76.1 Å². The summed E-state index contributed by atoms with van der Waals surface area (Å²) in [7, 11) is 1.42. The Morgan fingerprint density at radius 3 is 2.40 bits per heavy atom. The standard InChI is InChI=1S/C23H24N6O6/c1-14(2)12-35-23(31)15-8-10-16(11-9-15)26-20-19(29(32)33)21(25-13-24-20)27-28-22(30)17-6-4-5-7-18(17)34-3/h4-11,13-14H,12H2,1-3H3,(H,28,30)(H2,24,25,26,27). The number of hydrogen-bond acceptors (Lipinski definition) is 10. The summed E-state index contributed by atoms with van der Waals surface area (Å²) in [6, 6.07) is 12.7. The van der Waals surface area contributed by atoms with Gasteiger partial charge in [-0.05, 0) is 42.3 Å². The second kappa shape index (κ2) is 11.4. The Labute approximate surface area is 200 Å². The van der Waals surface area contributed by atoms with Crippen molar-refractivity contribution in [3.8, 4) is 5.75 Å². The fourth-order valence-electron chi connectivity index (χ4n) is 2.90. The molecule has 0 radical (unpaired) electrons. The zero-order valence-electron chi connectivity index (χ0n) is 19.3. The summed E-state index contributed by atoms with van der Waals surface area (Å²) >= 11 is 0. The van der Waals surface area contributed by atoms with E-state index in [4.69, 9.17) is 9.47 Å². The Morgan fingerprint density at radius 1 is 1.06 bits per heavy atom. The maximum atomic E-state index is 12.5. The van der Waals surface area contributed by atoms with Crippen LogP contribution in [0.4, 0.5) is 23.0 Å². The molecular weight excluding hydrogens is 456 g/mol. The predicted octanol–water partition coefficient (Wildman–Crippen LogP) is 3.71. The van der Waals surface area contributed by atoms with E-state index in [0.29, 0.717) is 23.6 Å². The van der Waals surface area contributed by atoms with E-state index in [9.17, 15) is 19.7 Å². The molecule has 0 aliphatic rings. The van der Waals surface area contributed by atoms with Gasteiger partial charge in [-0.15, -0.1) is 0 Å². The van der Waals surface area contributed by atoms with Gasteiger partial charge in [0, 0.05) is 5.69 Å². The van der Waals surface area contributed by atoms with Crippen molar-refractivity contribution in [3.63, 3.8) is 0 Å². The number of hydrazine groups is 1. The maximum absolute atomic E-state index is 12.5. The van der Waals surface area contributed by atoms with Crippen LogP contribution in [0.2, 0.25) is 0 Å². The van der Waals surface area contributed by atoms with Crippen molar-refractivity contribution in [1.82, 2.24) is 15.4 Å². The SMILES string of the molecule is COc1ccccc1C(=O)NNc1ncnc(Nc2ccc(C(=O)OCC(C)C)cc2)c1[N+](=O)[O-]. The first kappa shape index (κ1) is 24.9. The molecule has 182 valence electrons. The van der Waals surface area contributed by atoms with Crippen LogP contribution in [0.5, 0.6) is 5.75 Å². The van der Waals surface area contributed by atoms with Crippen molar-refractivity contribution >= 4 is 34.9 Å². The van der Waals surface area contributed by atoms with Crippen LogP contribution in [0.3, 0.4) is 0 Å². The molecule has 0 bridgehead atoms. The molecule has 0 aliphatic heterocycles. The summed E-state index contributed by atoms with van der Waals surface area (Å²) in [5.74, 6) is -0.845. The van der Waals surface area contributed by atoms with Crippen molar-refractivity contribution < 1.29 is 24.0 Å². The first-order valence-corrected chi connectivity index (χ1v) is 10.5. The third-order valence-electron chi connectivity index (χ3n) is 4.58. The number of methoxy groups -OCH3 is 1. The number of hydrogen-bond donors (Lipinski definition) is 3. The van der Waals surface area contributed by atoms with Gasteiger partial charge in [-0.25, -0.2) is 14.8 Å². The van der Waals surface area contributed by atoms with Crippen LogP contribution < -0.4 is 20.9 Å². The lowest BCUT2D eigenvalue weighted by atomic mass is 10.2. The normalized spacial score (nSPS) is 10.4. The van der Waals surface area contributed by atoms with Crippen molar-refractivity contribution in [2.24, 2.45) is 5.92 Å². The molecule has 1 amide bonds. The van der Waals surface area contributed by atoms with Crippen LogP contribution in [0.25, 0.3) is 0 Å². The highest BCUT2D eigenvalue weighted by Gasteiger charge is 2.24. The molecule has 12 heteroatoms. The number of ether oxygens (including phenoxy) is 2. The Hall–Kier alpha value is -4.74. The third-order valence-corrected chi connectivity index (χ3v) is 4.58. The van der Waals surface area contributed by atoms with Gasteiger partial charge in [0.15, 0.2) is 0 Å². The van der Waals surface area contributed by atoms with Crippen molar-refractivity contribution in [1.29, 1.82) is 0 Å². The van der Waals surface area contributed by atoms with Crippen LogP contribution in [-0.4, -0.2) is 40.5 Å². The quantitative estimate of drug-likeness (QED) is 0.222. The van der Waals surface area contributed by atoms with E-state index in [2.05, 4.69) is 26.1 Å². The van der Waals surface area contributed by atoms with Gasteiger partial charge < -0.3 is 14.8 Å². The smallest absolute Gasteiger partial charge is 0.355 e. The van der Waals surface area contributed by atoms with E-state index in [0.717, 1.165) is 6.33 Å². The zero-order valence-corrected chi connectivity index (χ0v) is 19.3. The van der Waals surface area contributed by atoms with Gasteiger partial charge in [-0.3, -0.25) is 25.8 Å². The van der Waals surface area contributed by atoms with Gasteiger partial charge in [0.1, 0.15) is 12.1 Å². The Morgan fingerprint density at radius 2 is 1.74 bits per heavy atom. The highest BCUT2D eigenvalue weighted by molar-refractivity contribution is 5.97. The molecule has 0 saturated heterocycles. The number of amides is 1. The summed E-state index contributed by atoms with van der Waals surface area (Å²) < 4.78 is 10.3. The first-order valence-electron chi connectivity index (χ1n) is 10.5. The molecule has 1 aromatic heterocycles. The average molecular weight is 480 g/mol. The maximum Gasteiger partial charge on any atom is 0.355 e. The summed E-state index contributed by atoms with van der Waals surface area (Å²) in [5, 5.41) is 14.6. The van der Waals surface area contributed by atoms with Gasteiger partial charge in [-0.1, -0.05) is 26.0 Å². The van der Waals surface area contributed by atoms with Crippen LogP contribution in [0.15, 0.2) is 54.9 Å². The number of esters is 1. The largest absolute Gasteiger partial charge is 0.496 e. The summed E-state index contributed by atoms with van der Waals surface area (Å²) in [6.07, 6.45) is 1.10. The van der Waals surface area contributed by atoms with Gasteiger partial charge in [0.2, 0.25) is 11.6 Å². The lowest BCUT2D eigenvalue weighted by Gasteiger charge is -2.12. The molecule has 0 spiro atoms. The molecule has 35 heavy (non-hydrogen) atoms. The number of nitro groups is 1. The second-order valence-electron chi connectivity index (χ2n) is 7.65. The van der Waals surface area contributed by atoms with Crippen molar-refractivity contribution in [2.75, 3.05) is 24.5 Å². The highest BCUT2D eigenvalue weighted by Crippen LogP contribution is 2.31. The van der Waals surface area contributed by atoms with Crippen LogP contribution in [0, 0.1) is 16.0 Å². The van der Waals surface area contributed by atoms with E-state index >= 15 is 0 Å². The van der Waals surface area contributed by atoms with Crippen molar-refractivity contribution in [2.45, 2.75) is 13.8 Å². The molecule has 3 rings (SSSR count). The van der Waals surface area contributed by atoms with E-state index < -0.39 is 22.5 Å². The van der Waals surface area contributed by atoms with E-state index in [1.54, 1.807) is 36.4 Å². The Balaban J connectivity index is 1.75. The lowest BCUT2D eigenvalue weighted by molar-refractivity contribution is -0.383. The molecule has 2 aromatic carbocycles. The molecule has 3 N–H and O–H groups in total. The van der Waals surface area contributed by atoms with Crippen LogP contribution in [0.1, 0.15) is 34.6 Å². The molecular formula is C23H24N6O6. The molecule has 0 fully saturated rings. The summed E-state index contributed by atoms with van der Waals surface area (Å²) in [4.78, 5) is 43.5. The number of carbonyl (C=O) groups is 2. The lowest BCUT2D eigenvalue weighted by Crippen LogP contribution is -2.30. The van der Waals surface area contributed by atoms with E-state index in [-0.39, 0.29) is 23.1 Å². The number of anilines is 3. The van der Waals surface area contributed by atoms with Gasteiger partial charge >= 0.3 is 11.7 Å². The number of benzene rings is 2.